The molecular weight excluding hydrogens is 206 g/mol. The maximum absolute atomic E-state index is 9.88. The SMILES string of the molecule is CNCCC(O)C(O)c1cc(C)ccc1O. The zero-order valence-electron chi connectivity index (χ0n) is 9.64. The van der Waals surface area contributed by atoms with Crippen LogP contribution in [0, 0.1) is 6.92 Å². The monoisotopic (exact) mass is 225 g/mol. The minimum Gasteiger partial charge on any atom is -0.508 e. The predicted molar refractivity (Wildman–Crippen MR) is 62.4 cm³/mol. The molecule has 0 radical (unpaired) electrons. The number of rotatable bonds is 5. The maximum Gasteiger partial charge on any atom is 0.121 e. The van der Waals surface area contributed by atoms with E-state index in [1.165, 1.54) is 6.07 Å². The number of hydrogen-bond acceptors (Lipinski definition) is 4. The van der Waals surface area contributed by atoms with E-state index >= 15 is 0 Å². The number of aliphatic hydroxyl groups is 2. The summed E-state index contributed by atoms with van der Waals surface area (Å²) in [4.78, 5) is 0. The Hall–Kier alpha value is -1.10. The third-order valence-corrected chi connectivity index (χ3v) is 2.56. The van der Waals surface area contributed by atoms with Crippen LogP contribution in [0.1, 0.15) is 23.7 Å². The largest absolute Gasteiger partial charge is 0.508 e. The molecule has 0 bridgehead atoms. The van der Waals surface area contributed by atoms with E-state index in [1.54, 1.807) is 19.2 Å². The van der Waals surface area contributed by atoms with Crippen LogP contribution in [0.5, 0.6) is 5.75 Å². The van der Waals surface area contributed by atoms with Gasteiger partial charge in [-0.25, -0.2) is 0 Å². The van der Waals surface area contributed by atoms with E-state index in [0.717, 1.165) is 5.56 Å². The van der Waals surface area contributed by atoms with Gasteiger partial charge in [0.05, 0.1) is 6.10 Å². The highest BCUT2D eigenvalue weighted by molar-refractivity contribution is 5.37. The molecule has 0 aliphatic heterocycles. The van der Waals surface area contributed by atoms with E-state index in [9.17, 15) is 15.3 Å². The Kier molecular flexibility index (Phi) is 4.73. The van der Waals surface area contributed by atoms with Gasteiger partial charge in [-0.15, -0.1) is 0 Å². The van der Waals surface area contributed by atoms with E-state index in [0.29, 0.717) is 18.5 Å². The van der Waals surface area contributed by atoms with Crippen LogP contribution in [0.15, 0.2) is 18.2 Å². The zero-order chi connectivity index (χ0) is 12.1. The Morgan fingerprint density at radius 3 is 2.62 bits per heavy atom. The summed E-state index contributed by atoms with van der Waals surface area (Å²) in [6.45, 7) is 2.49. The molecule has 0 amide bonds. The van der Waals surface area contributed by atoms with Gasteiger partial charge in [-0.3, -0.25) is 0 Å². The Morgan fingerprint density at radius 1 is 1.31 bits per heavy atom. The third-order valence-electron chi connectivity index (χ3n) is 2.56. The lowest BCUT2D eigenvalue weighted by atomic mass is 9.99. The first kappa shape index (κ1) is 13.0. The van der Waals surface area contributed by atoms with Crippen LogP contribution in [0.3, 0.4) is 0 Å². The fraction of sp³-hybridized carbons (Fsp3) is 0.500. The summed E-state index contributed by atoms with van der Waals surface area (Å²) in [5, 5.41) is 32.1. The molecule has 16 heavy (non-hydrogen) atoms. The first-order valence-corrected chi connectivity index (χ1v) is 5.36. The molecule has 4 N–H and O–H groups in total. The van der Waals surface area contributed by atoms with Gasteiger partial charge in [0, 0.05) is 5.56 Å². The second kappa shape index (κ2) is 5.84. The highest BCUT2D eigenvalue weighted by Gasteiger charge is 2.20. The summed E-state index contributed by atoms with van der Waals surface area (Å²) in [6.07, 6.45) is -1.49. The summed E-state index contributed by atoms with van der Waals surface area (Å²) < 4.78 is 0. The minimum atomic E-state index is -1.05. The molecule has 1 aromatic carbocycles. The van der Waals surface area contributed by atoms with Crippen molar-refractivity contribution in [1.82, 2.24) is 5.32 Å². The molecule has 0 fully saturated rings. The molecule has 1 rings (SSSR count). The number of aromatic hydroxyl groups is 1. The third kappa shape index (κ3) is 3.20. The van der Waals surface area contributed by atoms with Crippen LogP contribution >= 0.6 is 0 Å². The number of phenolic OH excluding ortho intramolecular Hbond substituents is 1. The molecular formula is C12H19NO3. The van der Waals surface area contributed by atoms with Gasteiger partial charge in [0.15, 0.2) is 0 Å². The Labute approximate surface area is 95.6 Å². The van der Waals surface area contributed by atoms with Crippen molar-refractivity contribution in [2.24, 2.45) is 0 Å². The molecule has 0 saturated heterocycles. The van der Waals surface area contributed by atoms with E-state index in [1.807, 2.05) is 6.92 Å². The van der Waals surface area contributed by atoms with Gasteiger partial charge in [-0.1, -0.05) is 11.6 Å². The molecule has 2 atom stereocenters. The molecule has 0 aromatic heterocycles. The van der Waals surface area contributed by atoms with Crippen molar-refractivity contribution in [3.05, 3.63) is 29.3 Å². The van der Waals surface area contributed by atoms with Gasteiger partial charge in [-0.05, 0) is 39.1 Å². The van der Waals surface area contributed by atoms with Crippen molar-refractivity contribution >= 4 is 0 Å². The smallest absolute Gasteiger partial charge is 0.121 e. The van der Waals surface area contributed by atoms with E-state index in [-0.39, 0.29) is 5.75 Å². The molecule has 0 aliphatic carbocycles. The Balaban J connectivity index is 2.78. The van der Waals surface area contributed by atoms with Crippen molar-refractivity contribution < 1.29 is 15.3 Å². The quantitative estimate of drug-likeness (QED) is 0.595. The van der Waals surface area contributed by atoms with Gasteiger partial charge >= 0.3 is 0 Å². The van der Waals surface area contributed by atoms with Gasteiger partial charge in [-0.2, -0.15) is 0 Å². The average Bonchev–Trinajstić information content (AvgIpc) is 2.28. The number of aliphatic hydroxyl groups excluding tert-OH is 2. The summed E-state index contributed by atoms with van der Waals surface area (Å²) in [5.41, 5.74) is 1.32. The van der Waals surface area contributed by atoms with Gasteiger partial charge in [0.2, 0.25) is 0 Å². The summed E-state index contributed by atoms with van der Waals surface area (Å²) in [5.74, 6) is 0.0154. The molecule has 0 aliphatic rings. The maximum atomic E-state index is 9.88. The summed E-state index contributed by atoms with van der Waals surface area (Å²) in [6, 6.07) is 4.97. The molecule has 1 aromatic rings. The van der Waals surface area contributed by atoms with Crippen molar-refractivity contribution in [2.75, 3.05) is 13.6 Å². The van der Waals surface area contributed by atoms with Gasteiger partial charge in [0.1, 0.15) is 11.9 Å². The molecule has 0 heterocycles. The first-order valence-electron chi connectivity index (χ1n) is 5.36. The minimum absolute atomic E-state index is 0.0154. The topological polar surface area (TPSA) is 72.7 Å². The van der Waals surface area contributed by atoms with Crippen molar-refractivity contribution in [2.45, 2.75) is 25.6 Å². The lowest BCUT2D eigenvalue weighted by Crippen LogP contribution is -2.23. The number of aryl methyl sites for hydroxylation is 1. The zero-order valence-corrected chi connectivity index (χ0v) is 9.64. The standard InChI is InChI=1S/C12H19NO3/c1-8-3-4-10(14)9(7-8)12(16)11(15)5-6-13-2/h3-4,7,11-16H,5-6H2,1-2H3. The van der Waals surface area contributed by atoms with Crippen molar-refractivity contribution in [3.63, 3.8) is 0 Å². The molecule has 4 heteroatoms. The van der Waals surface area contributed by atoms with Crippen LogP contribution in [-0.2, 0) is 0 Å². The van der Waals surface area contributed by atoms with Gasteiger partial charge < -0.3 is 20.6 Å². The Bertz CT molecular complexity index is 341. The Morgan fingerprint density at radius 2 is 2.00 bits per heavy atom. The van der Waals surface area contributed by atoms with E-state index in [2.05, 4.69) is 5.32 Å². The molecule has 4 nitrogen and oxygen atoms in total. The molecule has 0 saturated carbocycles. The summed E-state index contributed by atoms with van der Waals surface area (Å²) >= 11 is 0. The van der Waals surface area contributed by atoms with Crippen LogP contribution in [0.4, 0.5) is 0 Å². The van der Waals surface area contributed by atoms with Crippen LogP contribution in [0.2, 0.25) is 0 Å². The van der Waals surface area contributed by atoms with Crippen LogP contribution < -0.4 is 5.32 Å². The second-order valence-electron chi connectivity index (χ2n) is 3.97. The fourth-order valence-electron chi connectivity index (χ4n) is 1.57. The number of nitrogens with one attached hydrogen (secondary N) is 1. The van der Waals surface area contributed by atoms with Crippen molar-refractivity contribution in [3.8, 4) is 5.75 Å². The summed E-state index contributed by atoms with van der Waals surface area (Å²) in [7, 11) is 1.78. The number of benzene rings is 1. The fourth-order valence-corrected chi connectivity index (χ4v) is 1.57. The predicted octanol–water partition coefficient (Wildman–Crippen LogP) is 0.704. The lowest BCUT2D eigenvalue weighted by Gasteiger charge is -2.19. The first-order chi connectivity index (χ1) is 7.56. The normalized spacial score (nSPS) is 14.8. The van der Waals surface area contributed by atoms with E-state index < -0.39 is 12.2 Å². The molecule has 0 spiro atoms. The average molecular weight is 225 g/mol. The highest BCUT2D eigenvalue weighted by atomic mass is 16.3. The molecule has 2 unspecified atom stereocenters. The molecule has 90 valence electrons. The highest BCUT2D eigenvalue weighted by Crippen LogP contribution is 2.28. The van der Waals surface area contributed by atoms with Gasteiger partial charge in [0.25, 0.3) is 0 Å². The second-order valence-corrected chi connectivity index (χ2v) is 3.97. The number of phenols is 1. The lowest BCUT2D eigenvalue weighted by molar-refractivity contribution is 0.0127. The number of hydrogen-bond donors (Lipinski definition) is 4. The van der Waals surface area contributed by atoms with Crippen LogP contribution in [-0.4, -0.2) is 35.0 Å². The van der Waals surface area contributed by atoms with Crippen LogP contribution in [0.25, 0.3) is 0 Å². The van der Waals surface area contributed by atoms with Crippen molar-refractivity contribution in [1.29, 1.82) is 0 Å². The van der Waals surface area contributed by atoms with E-state index in [4.69, 9.17) is 0 Å².